The monoisotopic (exact) mass is 345 g/mol. The lowest BCUT2D eigenvalue weighted by Crippen LogP contribution is -2.28. The number of methoxy groups -OCH3 is 1. The molecule has 0 spiro atoms. The van der Waals surface area contributed by atoms with Crippen molar-refractivity contribution in [3.05, 3.63) is 53.3 Å². The van der Waals surface area contributed by atoms with Crippen LogP contribution >= 0.6 is 0 Å². The number of halogens is 1. The Balaban J connectivity index is 1.63. The lowest BCUT2D eigenvalue weighted by Gasteiger charge is -2.21. The van der Waals surface area contributed by atoms with Crippen molar-refractivity contribution in [3.8, 4) is 17.2 Å². The van der Waals surface area contributed by atoms with E-state index in [4.69, 9.17) is 14.2 Å². The molecule has 1 unspecified atom stereocenters. The van der Waals surface area contributed by atoms with Crippen molar-refractivity contribution in [1.82, 2.24) is 5.32 Å². The highest BCUT2D eigenvalue weighted by molar-refractivity contribution is 5.79. The summed E-state index contributed by atoms with van der Waals surface area (Å²) < 4.78 is 29.6. The number of hydrogen-bond acceptors (Lipinski definition) is 4. The second-order valence-electron chi connectivity index (χ2n) is 5.84. The number of carbonyl (C=O) groups excluding carboxylic acids is 1. The lowest BCUT2D eigenvalue weighted by atomic mass is 10.1. The van der Waals surface area contributed by atoms with Gasteiger partial charge in [0.1, 0.15) is 13.2 Å². The van der Waals surface area contributed by atoms with Gasteiger partial charge in [-0.1, -0.05) is 12.1 Å². The first-order chi connectivity index (χ1) is 12.1. The highest BCUT2D eigenvalue weighted by Crippen LogP contribution is 2.32. The summed E-state index contributed by atoms with van der Waals surface area (Å²) in [4.78, 5) is 12.2. The first-order valence-electron chi connectivity index (χ1n) is 8.08. The second kappa shape index (κ2) is 7.42. The van der Waals surface area contributed by atoms with Crippen LogP contribution in [-0.4, -0.2) is 26.2 Å². The van der Waals surface area contributed by atoms with Gasteiger partial charge >= 0.3 is 0 Å². The van der Waals surface area contributed by atoms with Crippen LogP contribution in [0.25, 0.3) is 0 Å². The van der Waals surface area contributed by atoms with Gasteiger partial charge < -0.3 is 19.5 Å². The van der Waals surface area contributed by atoms with Crippen LogP contribution < -0.4 is 19.5 Å². The third-order valence-corrected chi connectivity index (χ3v) is 4.02. The third kappa shape index (κ3) is 4.02. The van der Waals surface area contributed by atoms with E-state index >= 15 is 0 Å². The molecule has 1 atom stereocenters. The van der Waals surface area contributed by atoms with Crippen molar-refractivity contribution in [1.29, 1.82) is 0 Å². The fourth-order valence-electron chi connectivity index (χ4n) is 2.71. The lowest BCUT2D eigenvalue weighted by molar-refractivity contribution is -0.121. The van der Waals surface area contributed by atoms with E-state index in [2.05, 4.69) is 5.32 Å². The largest absolute Gasteiger partial charge is 0.494 e. The molecular weight excluding hydrogens is 325 g/mol. The van der Waals surface area contributed by atoms with Crippen molar-refractivity contribution < 1.29 is 23.4 Å². The highest BCUT2D eigenvalue weighted by atomic mass is 19.1. The fraction of sp³-hybridized carbons (Fsp3) is 0.316. The number of hydrogen-bond donors (Lipinski definition) is 1. The molecular formula is C19H20FNO4. The number of amides is 1. The van der Waals surface area contributed by atoms with Crippen molar-refractivity contribution in [2.24, 2.45) is 0 Å². The summed E-state index contributed by atoms with van der Waals surface area (Å²) in [5, 5.41) is 2.91. The van der Waals surface area contributed by atoms with E-state index in [1.165, 1.54) is 19.2 Å². The standard InChI is InChI=1S/C19H20FNO4/c1-12(14-4-6-17-18(11-14)25-8-7-24-17)21-19(22)10-13-3-5-16(23-2)15(20)9-13/h3-6,9,11-12H,7-8,10H2,1-2H3,(H,21,22). The zero-order chi connectivity index (χ0) is 17.8. The highest BCUT2D eigenvalue weighted by Gasteiger charge is 2.16. The summed E-state index contributed by atoms with van der Waals surface area (Å²) in [7, 11) is 1.40. The molecule has 6 heteroatoms. The van der Waals surface area contributed by atoms with E-state index in [-0.39, 0.29) is 24.1 Å². The van der Waals surface area contributed by atoms with Gasteiger partial charge in [0, 0.05) is 0 Å². The van der Waals surface area contributed by atoms with Crippen LogP contribution in [0.1, 0.15) is 24.1 Å². The molecule has 0 radical (unpaired) electrons. The SMILES string of the molecule is COc1ccc(CC(=O)NC(C)c2ccc3c(c2)OCCO3)cc1F. The van der Waals surface area contributed by atoms with Crippen LogP contribution in [0.2, 0.25) is 0 Å². The van der Waals surface area contributed by atoms with Crippen LogP contribution in [0.4, 0.5) is 4.39 Å². The molecule has 1 N–H and O–H groups in total. The molecule has 25 heavy (non-hydrogen) atoms. The van der Waals surface area contributed by atoms with Crippen molar-refractivity contribution >= 4 is 5.91 Å². The molecule has 0 aliphatic carbocycles. The average Bonchev–Trinajstić information content (AvgIpc) is 2.61. The maximum atomic E-state index is 13.7. The zero-order valence-corrected chi connectivity index (χ0v) is 14.2. The molecule has 0 bridgehead atoms. The Morgan fingerprint density at radius 2 is 1.96 bits per heavy atom. The maximum absolute atomic E-state index is 13.7. The van der Waals surface area contributed by atoms with E-state index in [1.807, 2.05) is 25.1 Å². The first-order valence-corrected chi connectivity index (χ1v) is 8.08. The van der Waals surface area contributed by atoms with Gasteiger partial charge in [0.15, 0.2) is 23.1 Å². The topological polar surface area (TPSA) is 56.8 Å². The average molecular weight is 345 g/mol. The van der Waals surface area contributed by atoms with E-state index in [1.54, 1.807) is 6.07 Å². The number of benzene rings is 2. The molecule has 3 rings (SSSR count). The summed E-state index contributed by atoms with van der Waals surface area (Å²) in [5.41, 5.74) is 1.50. The predicted octanol–water partition coefficient (Wildman–Crippen LogP) is 3.03. The molecule has 1 aliphatic rings. The minimum absolute atomic E-state index is 0.0931. The molecule has 2 aromatic carbocycles. The van der Waals surface area contributed by atoms with Crippen molar-refractivity contribution in [3.63, 3.8) is 0 Å². The number of carbonyl (C=O) groups is 1. The quantitative estimate of drug-likeness (QED) is 0.905. The van der Waals surface area contributed by atoms with Gasteiger partial charge in [0.05, 0.1) is 19.6 Å². The Bertz CT molecular complexity index is 778. The van der Waals surface area contributed by atoms with E-state index in [9.17, 15) is 9.18 Å². The van der Waals surface area contributed by atoms with Gasteiger partial charge in [0.25, 0.3) is 0 Å². The van der Waals surface area contributed by atoms with Gasteiger partial charge in [-0.25, -0.2) is 4.39 Å². The second-order valence-corrected chi connectivity index (χ2v) is 5.84. The molecule has 5 nitrogen and oxygen atoms in total. The van der Waals surface area contributed by atoms with E-state index < -0.39 is 5.82 Å². The van der Waals surface area contributed by atoms with Crippen molar-refractivity contribution in [2.75, 3.05) is 20.3 Å². The summed E-state index contributed by atoms with van der Waals surface area (Å²) in [6.07, 6.45) is 0.0931. The molecule has 1 amide bonds. The first kappa shape index (κ1) is 17.1. The maximum Gasteiger partial charge on any atom is 0.224 e. The van der Waals surface area contributed by atoms with Crippen LogP contribution in [0.3, 0.4) is 0 Å². The van der Waals surface area contributed by atoms with Crippen LogP contribution in [-0.2, 0) is 11.2 Å². The summed E-state index contributed by atoms with van der Waals surface area (Å²) in [5.74, 6) is 0.887. The molecule has 0 saturated heterocycles. The molecule has 0 fully saturated rings. The Hall–Kier alpha value is -2.76. The smallest absolute Gasteiger partial charge is 0.224 e. The number of ether oxygens (including phenoxy) is 3. The van der Waals surface area contributed by atoms with Gasteiger partial charge in [-0.3, -0.25) is 4.79 Å². The summed E-state index contributed by atoms with van der Waals surface area (Å²) in [6.45, 7) is 2.94. The molecule has 1 aliphatic heterocycles. The number of rotatable bonds is 5. The predicted molar refractivity (Wildman–Crippen MR) is 90.6 cm³/mol. The van der Waals surface area contributed by atoms with Crippen LogP contribution in [0.15, 0.2) is 36.4 Å². The van der Waals surface area contributed by atoms with E-state index in [0.29, 0.717) is 30.3 Å². The van der Waals surface area contributed by atoms with Crippen LogP contribution in [0, 0.1) is 5.82 Å². The molecule has 0 aromatic heterocycles. The summed E-state index contributed by atoms with van der Waals surface area (Å²) >= 11 is 0. The molecule has 2 aromatic rings. The minimum Gasteiger partial charge on any atom is -0.494 e. The number of fused-ring (bicyclic) bond motifs is 1. The molecule has 1 heterocycles. The van der Waals surface area contributed by atoms with Crippen molar-refractivity contribution in [2.45, 2.75) is 19.4 Å². The molecule has 0 saturated carbocycles. The minimum atomic E-state index is -0.479. The fourth-order valence-corrected chi connectivity index (χ4v) is 2.71. The Labute approximate surface area is 145 Å². The summed E-state index contributed by atoms with van der Waals surface area (Å²) in [6, 6.07) is 9.90. The number of nitrogens with one attached hydrogen (secondary N) is 1. The van der Waals surface area contributed by atoms with Gasteiger partial charge in [-0.05, 0) is 42.3 Å². The Morgan fingerprint density at radius 3 is 2.68 bits per heavy atom. The third-order valence-electron chi connectivity index (χ3n) is 4.02. The normalized spacial score (nSPS) is 13.9. The Morgan fingerprint density at radius 1 is 1.20 bits per heavy atom. The van der Waals surface area contributed by atoms with Gasteiger partial charge in [0.2, 0.25) is 5.91 Å². The molecule has 132 valence electrons. The Kier molecular flexibility index (Phi) is 5.07. The van der Waals surface area contributed by atoms with Gasteiger partial charge in [-0.2, -0.15) is 0 Å². The van der Waals surface area contributed by atoms with Gasteiger partial charge in [-0.15, -0.1) is 0 Å². The zero-order valence-electron chi connectivity index (χ0n) is 14.2. The van der Waals surface area contributed by atoms with Crippen LogP contribution in [0.5, 0.6) is 17.2 Å². The van der Waals surface area contributed by atoms with E-state index in [0.717, 1.165) is 5.56 Å².